The molecule has 0 aromatic heterocycles. The van der Waals surface area contributed by atoms with Gasteiger partial charge in [-0.15, -0.1) is 12.4 Å². The van der Waals surface area contributed by atoms with Crippen LogP contribution in [0.5, 0.6) is 0 Å². The van der Waals surface area contributed by atoms with Gasteiger partial charge in [0.1, 0.15) is 4.90 Å². The summed E-state index contributed by atoms with van der Waals surface area (Å²) in [5.41, 5.74) is 0. The molecule has 0 bridgehead atoms. The van der Waals surface area contributed by atoms with Crippen LogP contribution in [0.4, 0.5) is 0 Å². The van der Waals surface area contributed by atoms with Crippen molar-refractivity contribution in [3.05, 3.63) is 28.2 Å². The number of halogens is 3. The minimum atomic E-state index is -3.61. The molecule has 0 aliphatic carbocycles. The number of hydrogen-bond donors (Lipinski definition) is 2. The fourth-order valence-electron chi connectivity index (χ4n) is 2.09. The predicted molar refractivity (Wildman–Crippen MR) is 84.5 cm³/mol. The first-order valence-electron chi connectivity index (χ1n) is 6.14. The molecule has 1 aliphatic rings. The van der Waals surface area contributed by atoms with E-state index in [0.29, 0.717) is 17.5 Å². The zero-order valence-electron chi connectivity index (χ0n) is 10.7. The molecule has 0 radical (unpaired) electrons. The molecule has 4 nitrogen and oxygen atoms in total. The quantitative estimate of drug-likeness (QED) is 0.869. The van der Waals surface area contributed by atoms with Crippen LogP contribution in [-0.2, 0) is 10.0 Å². The Hall–Kier alpha value is -0.0400. The molecule has 1 atom stereocenters. The average Bonchev–Trinajstić information content (AvgIpc) is 2.40. The van der Waals surface area contributed by atoms with Crippen molar-refractivity contribution in [3.63, 3.8) is 0 Å². The van der Waals surface area contributed by atoms with E-state index >= 15 is 0 Å². The van der Waals surface area contributed by atoms with Crippen LogP contribution in [0.2, 0.25) is 10.0 Å². The minimum absolute atomic E-state index is 0. The maximum Gasteiger partial charge on any atom is 0.242 e. The van der Waals surface area contributed by atoms with E-state index in [9.17, 15) is 8.42 Å². The Kier molecular flexibility index (Phi) is 7.04. The summed E-state index contributed by atoms with van der Waals surface area (Å²) in [4.78, 5) is 0.0328. The highest BCUT2D eigenvalue weighted by Crippen LogP contribution is 2.25. The lowest BCUT2D eigenvalue weighted by molar-refractivity contribution is 0.376. The van der Waals surface area contributed by atoms with Crippen LogP contribution in [0.3, 0.4) is 0 Å². The molecule has 20 heavy (non-hydrogen) atoms. The van der Waals surface area contributed by atoms with Gasteiger partial charge < -0.3 is 5.32 Å². The van der Waals surface area contributed by atoms with Crippen molar-refractivity contribution in [2.75, 3.05) is 19.6 Å². The monoisotopic (exact) mass is 358 g/mol. The number of nitrogens with one attached hydrogen (secondary N) is 2. The second-order valence-electron chi connectivity index (χ2n) is 4.64. The first-order chi connectivity index (χ1) is 8.99. The van der Waals surface area contributed by atoms with Crippen LogP contribution in [0.1, 0.15) is 12.8 Å². The van der Waals surface area contributed by atoms with E-state index in [1.54, 1.807) is 6.07 Å². The van der Waals surface area contributed by atoms with Crippen LogP contribution in [0.15, 0.2) is 23.1 Å². The van der Waals surface area contributed by atoms with E-state index in [1.807, 2.05) is 0 Å². The Labute approximate surface area is 135 Å². The van der Waals surface area contributed by atoms with Crippen LogP contribution in [-0.4, -0.2) is 28.1 Å². The summed E-state index contributed by atoms with van der Waals surface area (Å²) < 4.78 is 26.9. The highest BCUT2D eigenvalue weighted by molar-refractivity contribution is 7.89. The van der Waals surface area contributed by atoms with Gasteiger partial charge in [0.05, 0.1) is 5.02 Å². The average molecular weight is 360 g/mol. The number of piperidine rings is 1. The van der Waals surface area contributed by atoms with Crippen molar-refractivity contribution in [1.82, 2.24) is 10.0 Å². The summed E-state index contributed by atoms with van der Waals surface area (Å²) >= 11 is 11.7. The summed E-state index contributed by atoms with van der Waals surface area (Å²) in [6, 6.07) is 4.42. The molecule has 0 saturated carbocycles. The molecule has 1 aromatic carbocycles. The van der Waals surface area contributed by atoms with Gasteiger partial charge in [0.2, 0.25) is 10.0 Å². The number of benzene rings is 1. The smallest absolute Gasteiger partial charge is 0.242 e. The number of sulfonamides is 1. The summed E-state index contributed by atoms with van der Waals surface area (Å²) in [5, 5.41) is 3.78. The summed E-state index contributed by atoms with van der Waals surface area (Å²) in [6.07, 6.45) is 2.10. The fraction of sp³-hybridized carbons (Fsp3) is 0.500. The largest absolute Gasteiger partial charge is 0.316 e. The topological polar surface area (TPSA) is 58.2 Å². The van der Waals surface area contributed by atoms with Crippen molar-refractivity contribution in [2.24, 2.45) is 5.92 Å². The highest BCUT2D eigenvalue weighted by Gasteiger charge is 2.21. The standard InChI is InChI=1S/C12H16Cl2N2O2S.ClH/c13-10-3-4-11(14)12(6-10)19(17,18)16-8-9-2-1-5-15-7-9;/h3-4,6,9,15-16H,1-2,5,7-8H2;1H. The Morgan fingerprint density at radius 1 is 1.35 bits per heavy atom. The van der Waals surface area contributed by atoms with Crippen molar-refractivity contribution in [1.29, 1.82) is 0 Å². The third-order valence-corrected chi connectivity index (χ3v) is 5.28. The van der Waals surface area contributed by atoms with Crippen molar-refractivity contribution < 1.29 is 8.42 Å². The Bertz CT molecular complexity index is 546. The molecule has 1 fully saturated rings. The molecule has 1 unspecified atom stereocenters. The molecule has 114 valence electrons. The van der Waals surface area contributed by atoms with Crippen LogP contribution in [0, 0.1) is 5.92 Å². The number of rotatable bonds is 4. The summed E-state index contributed by atoms with van der Waals surface area (Å²) in [5.74, 6) is 0.321. The SMILES string of the molecule is Cl.O=S(=O)(NCC1CCCNC1)c1cc(Cl)ccc1Cl. The van der Waals surface area contributed by atoms with Crippen molar-refractivity contribution in [3.8, 4) is 0 Å². The molecular formula is C12H17Cl3N2O2S. The van der Waals surface area contributed by atoms with Gasteiger partial charge >= 0.3 is 0 Å². The maximum atomic E-state index is 12.2. The minimum Gasteiger partial charge on any atom is -0.316 e. The lowest BCUT2D eigenvalue weighted by atomic mass is 10.0. The molecule has 2 rings (SSSR count). The summed E-state index contributed by atoms with van der Waals surface area (Å²) in [7, 11) is -3.61. The first-order valence-corrected chi connectivity index (χ1v) is 8.38. The Morgan fingerprint density at radius 3 is 2.75 bits per heavy atom. The molecule has 1 aliphatic heterocycles. The van der Waals surface area contributed by atoms with Crippen molar-refractivity contribution >= 4 is 45.6 Å². The lowest BCUT2D eigenvalue weighted by Crippen LogP contribution is -2.38. The van der Waals surface area contributed by atoms with Crippen LogP contribution in [0.25, 0.3) is 0 Å². The third kappa shape index (κ3) is 4.76. The molecule has 0 amide bonds. The molecule has 2 N–H and O–H groups in total. The number of hydrogen-bond acceptors (Lipinski definition) is 3. The van der Waals surface area contributed by atoms with E-state index in [2.05, 4.69) is 10.0 Å². The van der Waals surface area contributed by atoms with E-state index in [4.69, 9.17) is 23.2 Å². The Balaban J connectivity index is 0.00000200. The zero-order valence-corrected chi connectivity index (χ0v) is 13.9. The van der Waals surface area contributed by atoms with E-state index in [1.165, 1.54) is 12.1 Å². The van der Waals surface area contributed by atoms with Gasteiger partial charge in [0, 0.05) is 11.6 Å². The van der Waals surface area contributed by atoms with E-state index < -0.39 is 10.0 Å². The summed E-state index contributed by atoms with van der Waals surface area (Å²) in [6.45, 7) is 2.26. The van der Waals surface area contributed by atoms with Crippen LogP contribution < -0.4 is 10.0 Å². The molecule has 0 spiro atoms. The second kappa shape index (κ2) is 7.82. The first kappa shape index (κ1) is 18.0. The van der Waals surface area contributed by atoms with Gasteiger partial charge in [-0.25, -0.2) is 13.1 Å². The van der Waals surface area contributed by atoms with Gasteiger partial charge in [0.25, 0.3) is 0 Å². The molecule has 1 heterocycles. The fourth-order valence-corrected chi connectivity index (χ4v) is 3.96. The van der Waals surface area contributed by atoms with Gasteiger partial charge in [-0.3, -0.25) is 0 Å². The lowest BCUT2D eigenvalue weighted by Gasteiger charge is -2.22. The van der Waals surface area contributed by atoms with Gasteiger partial charge in [-0.2, -0.15) is 0 Å². The molecule has 1 aromatic rings. The highest BCUT2D eigenvalue weighted by atomic mass is 35.5. The van der Waals surface area contributed by atoms with Crippen LogP contribution >= 0.6 is 35.6 Å². The van der Waals surface area contributed by atoms with Gasteiger partial charge in [-0.1, -0.05) is 23.2 Å². The normalized spacial score (nSPS) is 19.4. The molecule has 1 saturated heterocycles. The van der Waals surface area contributed by atoms with Gasteiger partial charge in [-0.05, 0) is 50.0 Å². The second-order valence-corrected chi connectivity index (χ2v) is 7.22. The molecule has 8 heteroatoms. The van der Waals surface area contributed by atoms with E-state index in [0.717, 1.165) is 25.9 Å². The van der Waals surface area contributed by atoms with E-state index in [-0.39, 0.29) is 22.3 Å². The van der Waals surface area contributed by atoms with Crippen molar-refractivity contribution in [2.45, 2.75) is 17.7 Å². The Morgan fingerprint density at radius 2 is 2.10 bits per heavy atom. The van der Waals surface area contributed by atoms with Gasteiger partial charge in [0.15, 0.2) is 0 Å². The third-order valence-electron chi connectivity index (χ3n) is 3.14. The molecular weight excluding hydrogens is 343 g/mol. The zero-order chi connectivity index (χ0) is 13.9. The maximum absolute atomic E-state index is 12.2. The predicted octanol–water partition coefficient (Wildman–Crippen LogP) is 2.69.